The number of rotatable bonds is 3. The Labute approximate surface area is 161 Å². The summed E-state index contributed by atoms with van der Waals surface area (Å²) in [6, 6.07) is 9.08. The Hall–Kier alpha value is -1.20. The summed E-state index contributed by atoms with van der Waals surface area (Å²) < 4.78 is 13.0. The van der Waals surface area contributed by atoms with E-state index in [1.807, 2.05) is 0 Å². The fourth-order valence-electron chi connectivity index (χ4n) is 5.40. The second-order valence-corrected chi connectivity index (χ2v) is 8.66. The maximum Gasteiger partial charge on any atom is 0.170 e. The quantitative estimate of drug-likeness (QED) is 0.740. The minimum atomic E-state index is -0.225. The standard InChI is InChI=1S/C21H30FN3S/c22-15-9-11-16(12-10-15)23-21(26)24-17-13-19-7-4-8-20(14-17)25(19)18-5-2-1-3-6-18/h9-12,17-20H,1-8,13-14H2,(H2,23,24,26)/t19-,20-/m0/s1. The summed E-state index contributed by atoms with van der Waals surface area (Å²) in [5.74, 6) is -0.225. The number of nitrogens with zero attached hydrogens (tertiary/aromatic N) is 1. The van der Waals surface area contributed by atoms with E-state index in [0.717, 1.165) is 23.8 Å². The van der Waals surface area contributed by atoms with E-state index in [1.54, 1.807) is 12.1 Å². The first-order chi connectivity index (χ1) is 12.7. The highest BCUT2D eigenvalue weighted by Crippen LogP contribution is 2.39. The molecule has 2 aliphatic heterocycles. The molecule has 2 heterocycles. The zero-order valence-electron chi connectivity index (χ0n) is 15.4. The van der Waals surface area contributed by atoms with Crippen molar-refractivity contribution in [2.24, 2.45) is 0 Å². The van der Waals surface area contributed by atoms with Crippen molar-refractivity contribution in [1.82, 2.24) is 10.2 Å². The van der Waals surface area contributed by atoms with Crippen LogP contribution in [0.25, 0.3) is 0 Å². The molecule has 3 aliphatic rings. The SMILES string of the molecule is Fc1ccc(NC(=S)NC2C[C@@H]3CCC[C@@H](C2)N3C2CCCCC2)cc1. The summed E-state index contributed by atoms with van der Waals surface area (Å²) in [5.41, 5.74) is 0.837. The summed E-state index contributed by atoms with van der Waals surface area (Å²) in [5, 5.41) is 7.39. The van der Waals surface area contributed by atoms with Crippen LogP contribution in [0.2, 0.25) is 0 Å². The fourth-order valence-corrected chi connectivity index (χ4v) is 5.68. The first-order valence-electron chi connectivity index (χ1n) is 10.3. The minimum absolute atomic E-state index is 0.225. The van der Waals surface area contributed by atoms with Crippen LogP contribution in [0.5, 0.6) is 0 Å². The number of halogens is 1. The fraction of sp³-hybridized carbons (Fsp3) is 0.667. The Balaban J connectivity index is 1.34. The van der Waals surface area contributed by atoms with Gasteiger partial charge in [-0.2, -0.15) is 0 Å². The molecule has 3 nitrogen and oxygen atoms in total. The van der Waals surface area contributed by atoms with E-state index in [0.29, 0.717) is 11.2 Å². The molecule has 0 amide bonds. The molecule has 1 aromatic carbocycles. The highest BCUT2D eigenvalue weighted by atomic mass is 32.1. The Bertz CT molecular complexity index is 600. The van der Waals surface area contributed by atoms with E-state index in [9.17, 15) is 4.39 Å². The van der Waals surface area contributed by atoms with Crippen LogP contribution in [0.3, 0.4) is 0 Å². The summed E-state index contributed by atoms with van der Waals surface area (Å²) in [6.45, 7) is 0. The van der Waals surface area contributed by atoms with Crippen molar-refractivity contribution in [2.75, 3.05) is 5.32 Å². The summed E-state index contributed by atoms with van der Waals surface area (Å²) in [7, 11) is 0. The van der Waals surface area contributed by atoms with Crippen molar-refractivity contribution < 1.29 is 4.39 Å². The maximum atomic E-state index is 13.0. The highest BCUT2D eigenvalue weighted by Gasteiger charge is 2.41. The first kappa shape index (κ1) is 18.2. The molecular weight excluding hydrogens is 345 g/mol. The second kappa shape index (κ2) is 8.22. The van der Waals surface area contributed by atoms with Crippen LogP contribution >= 0.6 is 12.2 Å². The molecule has 2 N–H and O–H groups in total. The lowest BCUT2D eigenvalue weighted by Crippen LogP contribution is -2.60. The largest absolute Gasteiger partial charge is 0.360 e. The monoisotopic (exact) mass is 375 g/mol. The van der Waals surface area contributed by atoms with E-state index in [1.165, 1.54) is 76.3 Å². The normalized spacial score (nSPS) is 30.0. The Morgan fingerprint density at radius 1 is 0.885 bits per heavy atom. The number of hydrogen-bond acceptors (Lipinski definition) is 2. The van der Waals surface area contributed by atoms with Crippen LogP contribution in [0, 0.1) is 5.82 Å². The van der Waals surface area contributed by atoms with E-state index in [2.05, 4.69) is 15.5 Å². The zero-order chi connectivity index (χ0) is 17.9. The number of fused-ring (bicyclic) bond motifs is 2. The third kappa shape index (κ3) is 4.20. The molecule has 26 heavy (non-hydrogen) atoms. The van der Waals surface area contributed by atoms with Gasteiger partial charge in [-0.15, -0.1) is 0 Å². The summed E-state index contributed by atoms with van der Waals surface area (Å²) >= 11 is 5.51. The molecule has 0 radical (unpaired) electrons. The molecule has 1 aliphatic carbocycles. The lowest BCUT2D eigenvalue weighted by Gasteiger charge is -2.53. The van der Waals surface area contributed by atoms with Gasteiger partial charge in [0.05, 0.1) is 0 Å². The van der Waals surface area contributed by atoms with Gasteiger partial charge < -0.3 is 10.6 Å². The number of thiocarbonyl (C=S) groups is 1. The maximum absolute atomic E-state index is 13.0. The van der Waals surface area contributed by atoms with Crippen molar-refractivity contribution in [2.45, 2.75) is 88.4 Å². The summed E-state index contributed by atoms with van der Waals surface area (Å²) in [4.78, 5) is 2.90. The van der Waals surface area contributed by atoms with E-state index < -0.39 is 0 Å². The molecule has 142 valence electrons. The lowest BCUT2D eigenvalue weighted by molar-refractivity contribution is -0.0195. The predicted octanol–water partition coefficient (Wildman–Crippen LogP) is 4.83. The number of anilines is 1. The van der Waals surface area contributed by atoms with Gasteiger partial charge in [-0.3, -0.25) is 4.90 Å². The molecular formula is C21H30FN3S. The van der Waals surface area contributed by atoms with Crippen LogP contribution in [0.4, 0.5) is 10.1 Å². The Kier molecular flexibility index (Phi) is 5.75. The van der Waals surface area contributed by atoms with Gasteiger partial charge in [-0.25, -0.2) is 4.39 Å². The molecule has 2 saturated heterocycles. The van der Waals surface area contributed by atoms with Gasteiger partial charge in [0.25, 0.3) is 0 Å². The van der Waals surface area contributed by atoms with Gasteiger partial charge in [-0.1, -0.05) is 25.7 Å². The molecule has 1 saturated carbocycles. The molecule has 1 aromatic rings. The van der Waals surface area contributed by atoms with E-state index in [4.69, 9.17) is 12.2 Å². The van der Waals surface area contributed by atoms with Crippen LogP contribution in [-0.2, 0) is 0 Å². The van der Waals surface area contributed by atoms with Crippen LogP contribution < -0.4 is 10.6 Å². The Morgan fingerprint density at radius 2 is 1.50 bits per heavy atom. The average Bonchev–Trinajstić information content (AvgIpc) is 2.63. The van der Waals surface area contributed by atoms with Gasteiger partial charge in [0.2, 0.25) is 0 Å². The molecule has 0 spiro atoms. The number of hydrogen-bond donors (Lipinski definition) is 2. The molecule has 2 atom stereocenters. The smallest absolute Gasteiger partial charge is 0.170 e. The Morgan fingerprint density at radius 3 is 2.15 bits per heavy atom. The molecule has 0 unspecified atom stereocenters. The van der Waals surface area contributed by atoms with Crippen molar-refractivity contribution >= 4 is 23.0 Å². The third-order valence-electron chi connectivity index (χ3n) is 6.46. The van der Waals surface area contributed by atoms with Crippen molar-refractivity contribution in [3.63, 3.8) is 0 Å². The number of benzene rings is 1. The topological polar surface area (TPSA) is 27.3 Å². The first-order valence-corrected chi connectivity index (χ1v) is 10.7. The van der Waals surface area contributed by atoms with Gasteiger partial charge in [0.15, 0.2) is 5.11 Å². The minimum Gasteiger partial charge on any atom is -0.360 e. The zero-order valence-corrected chi connectivity index (χ0v) is 16.2. The van der Waals surface area contributed by atoms with Crippen molar-refractivity contribution in [3.05, 3.63) is 30.1 Å². The van der Waals surface area contributed by atoms with Crippen molar-refractivity contribution in [3.8, 4) is 0 Å². The number of piperidine rings is 2. The van der Waals surface area contributed by atoms with Crippen LogP contribution in [0.15, 0.2) is 24.3 Å². The van der Waals surface area contributed by atoms with Crippen LogP contribution in [-0.4, -0.2) is 34.2 Å². The summed E-state index contributed by atoms with van der Waals surface area (Å²) in [6.07, 6.45) is 13.5. The third-order valence-corrected chi connectivity index (χ3v) is 6.68. The molecule has 0 aromatic heterocycles. The van der Waals surface area contributed by atoms with Crippen LogP contribution in [0.1, 0.15) is 64.2 Å². The van der Waals surface area contributed by atoms with Crippen molar-refractivity contribution in [1.29, 1.82) is 0 Å². The van der Waals surface area contributed by atoms with Gasteiger partial charge in [-0.05, 0) is 75.0 Å². The number of nitrogens with one attached hydrogen (secondary N) is 2. The molecule has 5 heteroatoms. The molecule has 3 fully saturated rings. The molecule has 4 rings (SSSR count). The average molecular weight is 376 g/mol. The molecule has 2 bridgehead atoms. The van der Waals surface area contributed by atoms with Gasteiger partial charge in [0, 0.05) is 29.9 Å². The van der Waals surface area contributed by atoms with Gasteiger partial charge in [0.1, 0.15) is 5.82 Å². The van der Waals surface area contributed by atoms with Gasteiger partial charge >= 0.3 is 0 Å². The van der Waals surface area contributed by atoms with E-state index in [-0.39, 0.29) is 5.82 Å². The second-order valence-electron chi connectivity index (χ2n) is 8.25. The lowest BCUT2D eigenvalue weighted by atomic mass is 9.78. The highest BCUT2D eigenvalue weighted by molar-refractivity contribution is 7.80. The van der Waals surface area contributed by atoms with E-state index >= 15 is 0 Å². The predicted molar refractivity (Wildman–Crippen MR) is 109 cm³/mol.